The van der Waals surface area contributed by atoms with Gasteiger partial charge in [0.05, 0.1) is 11.8 Å². The van der Waals surface area contributed by atoms with E-state index in [1.54, 1.807) is 11.9 Å². The Morgan fingerprint density at radius 1 is 1.10 bits per heavy atom. The molecule has 2 rings (SSSR count). The smallest absolute Gasteiger partial charge is 0.307 e. The number of rotatable bonds is 3. The molecule has 1 N–H and O–H groups in total. The molecule has 0 saturated heterocycles. The molecule has 20 heavy (non-hydrogen) atoms. The predicted octanol–water partition coefficient (Wildman–Crippen LogP) is 2.77. The molecule has 4 nitrogen and oxygen atoms in total. The summed E-state index contributed by atoms with van der Waals surface area (Å²) in [4.78, 5) is 25.4. The third-order valence-electron chi connectivity index (χ3n) is 4.07. The number of carboxylic acids is 1. The van der Waals surface area contributed by atoms with Crippen molar-refractivity contribution in [3.05, 3.63) is 29.3 Å². The van der Waals surface area contributed by atoms with Crippen molar-refractivity contribution in [1.82, 2.24) is 0 Å². The zero-order valence-electron chi connectivity index (χ0n) is 12.2. The maximum absolute atomic E-state index is 12.5. The lowest BCUT2D eigenvalue weighted by Gasteiger charge is -2.24. The van der Waals surface area contributed by atoms with Crippen molar-refractivity contribution in [3.8, 4) is 0 Å². The van der Waals surface area contributed by atoms with E-state index in [9.17, 15) is 14.7 Å². The fourth-order valence-corrected chi connectivity index (χ4v) is 3.07. The van der Waals surface area contributed by atoms with Crippen LogP contribution in [0, 0.1) is 25.7 Å². The molecule has 0 bridgehead atoms. The number of anilines is 1. The summed E-state index contributed by atoms with van der Waals surface area (Å²) in [5.41, 5.74) is 3.03. The van der Waals surface area contributed by atoms with Crippen molar-refractivity contribution in [3.63, 3.8) is 0 Å². The molecule has 4 heteroatoms. The molecule has 0 spiro atoms. The van der Waals surface area contributed by atoms with Gasteiger partial charge in [-0.05, 0) is 49.9 Å². The van der Waals surface area contributed by atoms with Crippen molar-refractivity contribution >= 4 is 17.6 Å². The van der Waals surface area contributed by atoms with Gasteiger partial charge in [-0.1, -0.05) is 12.5 Å². The van der Waals surface area contributed by atoms with E-state index < -0.39 is 17.8 Å². The first-order valence-electron chi connectivity index (χ1n) is 6.99. The predicted molar refractivity (Wildman–Crippen MR) is 77.8 cm³/mol. The van der Waals surface area contributed by atoms with E-state index >= 15 is 0 Å². The second-order valence-electron chi connectivity index (χ2n) is 5.73. The van der Waals surface area contributed by atoms with Gasteiger partial charge in [0.2, 0.25) is 5.91 Å². The van der Waals surface area contributed by atoms with E-state index in [-0.39, 0.29) is 5.91 Å². The number of amides is 1. The van der Waals surface area contributed by atoms with Crippen LogP contribution >= 0.6 is 0 Å². The van der Waals surface area contributed by atoms with E-state index in [1.165, 1.54) is 0 Å². The molecule has 1 aromatic carbocycles. The number of carboxylic acid groups (broad SMARTS) is 1. The quantitative estimate of drug-likeness (QED) is 0.922. The molecule has 2 unspecified atom stereocenters. The summed E-state index contributed by atoms with van der Waals surface area (Å²) in [7, 11) is 1.73. The van der Waals surface area contributed by atoms with Crippen molar-refractivity contribution in [2.75, 3.05) is 11.9 Å². The minimum absolute atomic E-state index is 0.0834. The minimum Gasteiger partial charge on any atom is -0.481 e. The first-order valence-corrected chi connectivity index (χ1v) is 6.99. The van der Waals surface area contributed by atoms with Gasteiger partial charge in [0.25, 0.3) is 0 Å². The zero-order valence-corrected chi connectivity index (χ0v) is 12.2. The summed E-state index contributed by atoms with van der Waals surface area (Å²) in [6, 6.07) is 5.96. The average Bonchev–Trinajstić information content (AvgIpc) is 2.85. The molecule has 1 aliphatic carbocycles. The highest BCUT2D eigenvalue weighted by Gasteiger charge is 2.39. The van der Waals surface area contributed by atoms with Crippen molar-refractivity contribution < 1.29 is 14.7 Å². The van der Waals surface area contributed by atoms with Crippen LogP contribution in [0.2, 0.25) is 0 Å². The van der Waals surface area contributed by atoms with Crippen LogP contribution in [0.1, 0.15) is 30.4 Å². The number of carbonyl (C=O) groups is 2. The summed E-state index contributed by atoms with van der Waals surface area (Å²) < 4.78 is 0. The lowest BCUT2D eigenvalue weighted by atomic mass is 9.94. The first-order chi connectivity index (χ1) is 9.40. The van der Waals surface area contributed by atoms with Crippen molar-refractivity contribution in [2.45, 2.75) is 33.1 Å². The number of hydrogen-bond acceptors (Lipinski definition) is 2. The largest absolute Gasteiger partial charge is 0.481 e. The van der Waals surface area contributed by atoms with Crippen LogP contribution in [0.15, 0.2) is 18.2 Å². The summed E-state index contributed by atoms with van der Waals surface area (Å²) in [6.45, 7) is 3.98. The standard InChI is InChI=1S/C16H21NO3/c1-10-7-11(2)9-12(8-10)17(3)15(18)13-5-4-6-14(13)16(19)20/h7-9,13-14H,4-6H2,1-3H3,(H,19,20). The average molecular weight is 275 g/mol. The molecule has 1 aromatic rings. The third-order valence-corrected chi connectivity index (χ3v) is 4.07. The van der Waals surface area contributed by atoms with Crippen LogP contribution in [-0.4, -0.2) is 24.0 Å². The van der Waals surface area contributed by atoms with Crippen LogP contribution in [0.4, 0.5) is 5.69 Å². The first kappa shape index (κ1) is 14.6. The highest BCUT2D eigenvalue weighted by Crippen LogP contribution is 2.34. The number of hydrogen-bond donors (Lipinski definition) is 1. The van der Waals surface area contributed by atoms with Gasteiger partial charge < -0.3 is 10.0 Å². The number of aryl methyl sites for hydroxylation is 2. The minimum atomic E-state index is -0.852. The Morgan fingerprint density at radius 3 is 2.20 bits per heavy atom. The molecule has 2 atom stereocenters. The Bertz CT molecular complexity index is 518. The maximum Gasteiger partial charge on any atom is 0.307 e. The molecule has 1 fully saturated rings. The van der Waals surface area contributed by atoms with E-state index in [1.807, 2.05) is 26.0 Å². The Morgan fingerprint density at radius 2 is 1.65 bits per heavy atom. The Labute approximate surface area is 119 Å². The molecular formula is C16H21NO3. The summed E-state index contributed by atoms with van der Waals surface area (Å²) in [6.07, 6.45) is 2.09. The lowest BCUT2D eigenvalue weighted by molar-refractivity contribution is -0.145. The van der Waals surface area contributed by atoms with Crippen molar-refractivity contribution in [2.24, 2.45) is 11.8 Å². The second kappa shape index (κ2) is 5.65. The monoisotopic (exact) mass is 275 g/mol. The molecule has 0 heterocycles. The maximum atomic E-state index is 12.5. The van der Waals surface area contributed by atoms with Crippen LogP contribution in [-0.2, 0) is 9.59 Å². The van der Waals surface area contributed by atoms with Crippen molar-refractivity contribution in [1.29, 1.82) is 0 Å². The molecule has 0 aromatic heterocycles. The number of carbonyl (C=O) groups excluding carboxylic acids is 1. The molecule has 1 amide bonds. The van der Waals surface area contributed by atoms with Crippen LogP contribution in [0.3, 0.4) is 0 Å². The molecule has 0 radical (unpaired) electrons. The number of aliphatic carboxylic acids is 1. The molecule has 108 valence electrons. The molecular weight excluding hydrogens is 254 g/mol. The van der Waals surface area contributed by atoms with Gasteiger partial charge in [0.15, 0.2) is 0 Å². The van der Waals surface area contributed by atoms with E-state index in [0.717, 1.165) is 23.2 Å². The number of nitrogens with zero attached hydrogens (tertiary/aromatic N) is 1. The van der Waals surface area contributed by atoms with Crippen LogP contribution in [0.25, 0.3) is 0 Å². The van der Waals surface area contributed by atoms with Gasteiger partial charge in [-0.15, -0.1) is 0 Å². The topological polar surface area (TPSA) is 57.6 Å². The second-order valence-corrected chi connectivity index (χ2v) is 5.73. The van der Waals surface area contributed by atoms with Gasteiger partial charge in [-0.2, -0.15) is 0 Å². The zero-order chi connectivity index (χ0) is 14.9. The van der Waals surface area contributed by atoms with Crippen LogP contribution < -0.4 is 4.90 Å². The highest BCUT2D eigenvalue weighted by molar-refractivity contribution is 5.97. The Hall–Kier alpha value is -1.84. The number of benzene rings is 1. The van der Waals surface area contributed by atoms with Gasteiger partial charge in [0.1, 0.15) is 0 Å². The van der Waals surface area contributed by atoms with Gasteiger partial charge in [-0.3, -0.25) is 9.59 Å². The summed E-state index contributed by atoms with van der Waals surface area (Å²) in [5, 5.41) is 9.20. The van der Waals surface area contributed by atoms with E-state index in [4.69, 9.17) is 0 Å². The third kappa shape index (κ3) is 2.84. The summed E-state index contributed by atoms with van der Waals surface area (Å²) >= 11 is 0. The van der Waals surface area contributed by atoms with Crippen LogP contribution in [0.5, 0.6) is 0 Å². The fraction of sp³-hybridized carbons (Fsp3) is 0.500. The Balaban J connectivity index is 2.22. The molecule has 1 aliphatic rings. The van der Waals surface area contributed by atoms with E-state index in [0.29, 0.717) is 12.8 Å². The lowest BCUT2D eigenvalue weighted by Crippen LogP contribution is -2.36. The highest BCUT2D eigenvalue weighted by atomic mass is 16.4. The molecule has 0 aliphatic heterocycles. The molecule has 1 saturated carbocycles. The summed E-state index contributed by atoms with van der Waals surface area (Å²) in [5.74, 6) is -1.86. The normalized spacial score (nSPS) is 21.8. The Kier molecular flexibility index (Phi) is 4.12. The fourth-order valence-electron chi connectivity index (χ4n) is 3.07. The van der Waals surface area contributed by atoms with Gasteiger partial charge >= 0.3 is 5.97 Å². The van der Waals surface area contributed by atoms with Gasteiger partial charge in [0, 0.05) is 12.7 Å². The van der Waals surface area contributed by atoms with Gasteiger partial charge in [-0.25, -0.2) is 0 Å². The van der Waals surface area contributed by atoms with E-state index in [2.05, 4.69) is 6.07 Å². The SMILES string of the molecule is Cc1cc(C)cc(N(C)C(=O)C2CCCC2C(=O)O)c1.